The number of nitrogens with one attached hydrogen (secondary N) is 1. The maximum atomic E-state index is 5.64. The second-order valence-corrected chi connectivity index (χ2v) is 3.26. The molecule has 0 saturated carbocycles. The molecule has 14 heavy (non-hydrogen) atoms. The van der Waals surface area contributed by atoms with Gasteiger partial charge in [0.05, 0.1) is 6.67 Å². The van der Waals surface area contributed by atoms with E-state index in [0.717, 1.165) is 25.3 Å². The normalized spacial score (nSPS) is 19.0. The Kier molecular flexibility index (Phi) is 5.04. The maximum absolute atomic E-state index is 5.64. The molecule has 0 unspecified atom stereocenters. The van der Waals surface area contributed by atoms with Gasteiger partial charge in [0.1, 0.15) is 0 Å². The van der Waals surface area contributed by atoms with Crippen LogP contribution in [0.3, 0.4) is 0 Å². The van der Waals surface area contributed by atoms with Gasteiger partial charge >= 0.3 is 0 Å². The highest BCUT2D eigenvalue weighted by Gasteiger charge is 2.05. The van der Waals surface area contributed by atoms with E-state index in [1.54, 1.807) is 0 Å². The van der Waals surface area contributed by atoms with Gasteiger partial charge in [-0.05, 0) is 12.5 Å². The van der Waals surface area contributed by atoms with Gasteiger partial charge in [0.2, 0.25) is 0 Å². The Bertz CT molecular complexity index is 235. The van der Waals surface area contributed by atoms with E-state index < -0.39 is 0 Å². The standard InChI is InChI=1S/C11H19N3/c1-2-3-4-5-11(8-12)9-14-7-6-13-10-14/h2-5,9,13H,6-8,10,12H2,1H3/b3-2-,5-4-,11-9-. The van der Waals surface area contributed by atoms with Crippen LogP contribution >= 0.6 is 0 Å². The molecule has 1 heterocycles. The van der Waals surface area contributed by atoms with E-state index in [2.05, 4.69) is 22.5 Å². The molecule has 3 heteroatoms. The SMILES string of the molecule is C\C=C/C=C\C(=C\N1CCNC1)CN. The Morgan fingerprint density at radius 1 is 1.50 bits per heavy atom. The van der Waals surface area contributed by atoms with Crippen LogP contribution in [0.1, 0.15) is 6.92 Å². The summed E-state index contributed by atoms with van der Waals surface area (Å²) in [5.41, 5.74) is 6.80. The molecule has 0 bridgehead atoms. The second kappa shape index (κ2) is 6.40. The van der Waals surface area contributed by atoms with Crippen molar-refractivity contribution < 1.29 is 0 Å². The Labute approximate surface area is 86.0 Å². The molecule has 1 saturated heterocycles. The fourth-order valence-corrected chi connectivity index (χ4v) is 1.32. The van der Waals surface area contributed by atoms with Crippen molar-refractivity contribution >= 4 is 0 Å². The van der Waals surface area contributed by atoms with Crippen molar-refractivity contribution in [3.05, 3.63) is 36.1 Å². The van der Waals surface area contributed by atoms with E-state index >= 15 is 0 Å². The average Bonchev–Trinajstić information content (AvgIpc) is 2.69. The molecule has 0 spiro atoms. The molecule has 1 rings (SSSR count). The summed E-state index contributed by atoms with van der Waals surface area (Å²) in [5.74, 6) is 0. The van der Waals surface area contributed by atoms with Crippen molar-refractivity contribution in [2.24, 2.45) is 5.73 Å². The van der Waals surface area contributed by atoms with Crippen LogP contribution in [0.2, 0.25) is 0 Å². The Morgan fingerprint density at radius 3 is 2.93 bits per heavy atom. The molecule has 0 aliphatic carbocycles. The van der Waals surface area contributed by atoms with Crippen molar-refractivity contribution in [3.63, 3.8) is 0 Å². The van der Waals surface area contributed by atoms with Crippen LogP contribution in [0, 0.1) is 0 Å². The minimum atomic E-state index is 0.588. The highest BCUT2D eigenvalue weighted by Crippen LogP contribution is 2.01. The first-order chi connectivity index (χ1) is 6.86. The fourth-order valence-electron chi connectivity index (χ4n) is 1.32. The minimum Gasteiger partial charge on any atom is -0.363 e. The molecule has 1 aliphatic rings. The van der Waals surface area contributed by atoms with Gasteiger partial charge in [-0.2, -0.15) is 0 Å². The van der Waals surface area contributed by atoms with Crippen molar-refractivity contribution in [1.82, 2.24) is 10.2 Å². The maximum Gasteiger partial charge on any atom is 0.0677 e. The van der Waals surface area contributed by atoms with Gasteiger partial charge < -0.3 is 10.6 Å². The lowest BCUT2D eigenvalue weighted by Gasteiger charge is -2.11. The molecule has 0 aromatic heterocycles. The third kappa shape index (κ3) is 3.77. The van der Waals surface area contributed by atoms with Crippen molar-refractivity contribution in [1.29, 1.82) is 0 Å². The number of rotatable bonds is 4. The van der Waals surface area contributed by atoms with Crippen molar-refractivity contribution in [2.45, 2.75) is 6.92 Å². The van der Waals surface area contributed by atoms with Gasteiger partial charge in [-0.3, -0.25) is 5.32 Å². The zero-order chi connectivity index (χ0) is 10.2. The first-order valence-corrected chi connectivity index (χ1v) is 5.01. The zero-order valence-electron chi connectivity index (χ0n) is 8.74. The monoisotopic (exact) mass is 193 g/mol. The minimum absolute atomic E-state index is 0.588. The van der Waals surface area contributed by atoms with Crippen LogP contribution in [0.15, 0.2) is 36.1 Å². The molecule has 0 aromatic carbocycles. The summed E-state index contributed by atoms with van der Waals surface area (Å²) in [6.07, 6.45) is 10.2. The molecule has 3 nitrogen and oxygen atoms in total. The lowest BCUT2D eigenvalue weighted by molar-refractivity contribution is 0.458. The predicted octanol–water partition coefficient (Wildman–Crippen LogP) is 0.824. The molecular weight excluding hydrogens is 174 g/mol. The van der Waals surface area contributed by atoms with Crippen LogP contribution in [0.25, 0.3) is 0 Å². The third-order valence-corrected chi connectivity index (χ3v) is 2.09. The van der Waals surface area contributed by atoms with Gasteiger partial charge in [0.15, 0.2) is 0 Å². The van der Waals surface area contributed by atoms with Gasteiger partial charge in [0.25, 0.3) is 0 Å². The summed E-state index contributed by atoms with van der Waals surface area (Å²) in [7, 11) is 0. The summed E-state index contributed by atoms with van der Waals surface area (Å²) in [6, 6.07) is 0. The lowest BCUT2D eigenvalue weighted by atomic mass is 10.2. The van der Waals surface area contributed by atoms with E-state index in [1.165, 1.54) is 0 Å². The fraction of sp³-hybridized carbons (Fsp3) is 0.455. The Hall–Kier alpha value is -1.06. The second-order valence-electron chi connectivity index (χ2n) is 3.26. The van der Waals surface area contributed by atoms with E-state index in [4.69, 9.17) is 5.73 Å². The Morgan fingerprint density at radius 2 is 2.36 bits per heavy atom. The van der Waals surface area contributed by atoms with Crippen LogP contribution in [0.4, 0.5) is 0 Å². The van der Waals surface area contributed by atoms with Crippen molar-refractivity contribution in [2.75, 3.05) is 26.3 Å². The highest BCUT2D eigenvalue weighted by molar-refractivity contribution is 5.23. The predicted molar refractivity (Wildman–Crippen MR) is 60.7 cm³/mol. The number of nitrogens with two attached hydrogens (primary N) is 1. The molecule has 1 aliphatic heterocycles. The molecule has 0 atom stereocenters. The van der Waals surface area contributed by atoms with E-state index in [-0.39, 0.29) is 0 Å². The average molecular weight is 193 g/mol. The molecule has 3 N–H and O–H groups in total. The summed E-state index contributed by atoms with van der Waals surface area (Å²) in [4.78, 5) is 2.24. The largest absolute Gasteiger partial charge is 0.363 e. The van der Waals surface area contributed by atoms with Gasteiger partial charge in [-0.25, -0.2) is 0 Å². The van der Waals surface area contributed by atoms with Gasteiger partial charge in [0, 0.05) is 25.8 Å². The van der Waals surface area contributed by atoms with Crippen LogP contribution in [-0.2, 0) is 0 Å². The molecule has 1 fully saturated rings. The van der Waals surface area contributed by atoms with Crippen LogP contribution in [-0.4, -0.2) is 31.2 Å². The number of nitrogens with zero attached hydrogens (tertiary/aromatic N) is 1. The highest BCUT2D eigenvalue weighted by atomic mass is 15.3. The number of hydrogen-bond acceptors (Lipinski definition) is 3. The quantitative estimate of drug-likeness (QED) is 0.650. The molecule has 78 valence electrons. The van der Waals surface area contributed by atoms with Crippen molar-refractivity contribution in [3.8, 4) is 0 Å². The zero-order valence-corrected chi connectivity index (χ0v) is 8.74. The smallest absolute Gasteiger partial charge is 0.0677 e. The van der Waals surface area contributed by atoms with Gasteiger partial charge in [-0.15, -0.1) is 0 Å². The molecule has 0 aromatic rings. The van der Waals surface area contributed by atoms with E-state index in [1.807, 2.05) is 25.2 Å². The van der Waals surface area contributed by atoms with Crippen LogP contribution < -0.4 is 11.1 Å². The lowest BCUT2D eigenvalue weighted by Crippen LogP contribution is -2.17. The summed E-state index contributed by atoms with van der Waals surface area (Å²) >= 11 is 0. The van der Waals surface area contributed by atoms with E-state index in [0.29, 0.717) is 6.54 Å². The topological polar surface area (TPSA) is 41.3 Å². The molecule has 0 radical (unpaired) electrons. The number of allylic oxidation sites excluding steroid dienone is 3. The molecule has 0 amide bonds. The first-order valence-electron chi connectivity index (χ1n) is 5.01. The first kappa shape index (κ1) is 11.0. The summed E-state index contributed by atoms with van der Waals surface area (Å²) in [5, 5.41) is 3.27. The summed E-state index contributed by atoms with van der Waals surface area (Å²) < 4.78 is 0. The molecular formula is C11H19N3. The number of hydrogen-bond donors (Lipinski definition) is 2. The summed E-state index contributed by atoms with van der Waals surface area (Å²) in [6.45, 7) is 5.65. The van der Waals surface area contributed by atoms with Crippen LogP contribution in [0.5, 0.6) is 0 Å². The van der Waals surface area contributed by atoms with E-state index in [9.17, 15) is 0 Å². The third-order valence-electron chi connectivity index (χ3n) is 2.09. The Balaban J connectivity index is 2.50. The van der Waals surface area contributed by atoms with Gasteiger partial charge in [-0.1, -0.05) is 24.3 Å².